The Balaban J connectivity index is 2.52. The lowest BCUT2D eigenvalue weighted by molar-refractivity contribution is -0.218. The first-order valence-electron chi connectivity index (χ1n) is 4.18. The van der Waals surface area contributed by atoms with Gasteiger partial charge in [-0.05, 0) is 6.92 Å². The van der Waals surface area contributed by atoms with Gasteiger partial charge in [0, 0.05) is 6.07 Å². The van der Waals surface area contributed by atoms with E-state index in [2.05, 4.69) is 14.4 Å². The van der Waals surface area contributed by atoms with Crippen LogP contribution in [-0.4, -0.2) is 28.5 Å². The SMILES string of the molecule is CC(OCc1cc(C(=O)O)no1)C(F)(F)F. The average molecular weight is 239 g/mol. The number of carboxylic acids is 1. The van der Waals surface area contributed by atoms with E-state index in [1.54, 1.807) is 0 Å². The van der Waals surface area contributed by atoms with E-state index in [-0.39, 0.29) is 11.5 Å². The number of hydrogen-bond donors (Lipinski definition) is 1. The van der Waals surface area contributed by atoms with Gasteiger partial charge in [0.2, 0.25) is 0 Å². The molecule has 5 nitrogen and oxygen atoms in total. The molecule has 0 bridgehead atoms. The van der Waals surface area contributed by atoms with Gasteiger partial charge in [-0.15, -0.1) is 0 Å². The minimum atomic E-state index is -4.46. The Hall–Kier alpha value is -1.57. The summed E-state index contributed by atoms with van der Waals surface area (Å²) in [5.41, 5.74) is -0.377. The van der Waals surface area contributed by atoms with Gasteiger partial charge in [0.05, 0.1) is 0 Å². The van der Waals surface area contributed by atoms with Crippen molar-refractivity contribution in [3.8, 4) is 0 Å². The number of aromatic carboxylic acids is 1. The summed E-state index contributed by atoms with van der Waals surface area (Å²) in [4.78, 5) is 10.4. The zero-order valence-electron chi connectivity index (χ0n) is 8.11. The minimum Gasteiger partial charge on any atom is -0.476 e. The second-order valence-corrected chi connectivity index (χ2v) is 2.98. The lowest BCUT2D eigenvalue weighted by atomic mass is 10.3. The van der Waals surface area contributed by atoms with Crippen LogP contribution in [0.5, 0.6) is 0 Å². The number of nitrogens with zero attached hydrogens (tertiary/aromatic N) is 1. The van der Waals surface area contributed by atoms with Crippen molar-refractivity contribution in [1.82, 2.24) is 5.16 Å². The fraction of sp³-hybridized carbons (Fsp3) is 0.500. The van der Waals surface area contributed by atoms with Gasteiger partial charge in [0.15, 0.2) is 17.6 Å². The second-order valence-electron chi connectivity index (χ2n) is 2.98. The largest absolute Gasteiger partial charge is 0.476 e. The van der Waals surface area contributed by atoms with Crippen molar-refractivity contribution in [2.45, 2.75) is 25.8 Å². The van der Waals surface area contributed by atoms with Crippen LogP contribution in [0.2, 0.25) is 0 Å². The van der Waals surface area contributed by atoms with Crippen LogP contribution in [-0.2, 0) is 11.3 Å². The lowest BCUT2D eigenvalue weighted by Gasteiger charge is -2.14. The number of ether oxygens (including phenoxy) is 1. The van der Waals surface area contributed by atoms with Crippen molar-refractivity contribution in [3.63, 3.8) is 0 Å². The summed E-state index contributed by atoms with van der Waals surface area (Å²) in [6, 6.07) is 1.01. The van der Waals surface area contributed by atoms with E-state index in [1.165, 1.54) is 0 Å². The van der Waals surface area contributed by atoms with Crippen molar-refractivity contribution in [1.29, 1.82) is 0 Å². The van der Waals surface area contributed by atoms with Gasteiger partial charge in [-0.2, -0.15) is 13.2 Å². The number of carbonyl (C=O) groups is 1. The van der Waals surface area contributed by atoms with Gasteiger partial charge in [-0.3, -0.25) is 0 Å². The van der Waals surface area contributed by atoms with E-state index in [1.807, 2.05) is 0 Å². The summed E-state index contributed by atoms with van der Waals surface area (Å²) in [5.74, 6) is -1.40. The molecule has 90 valence electrons. The van der Waals surface area contributed by atoms with Crippen LogP contribution >= 0.6 is 0 Å². The smallest absolute Gasteiger partial charge is 0.414 e. The molecule has 1 atom stereocenters. The highest BCUT2D eigenvalue weighted by atomic mass is 19.4. The van der Waals surface area contributed by atoms with Crippen LogP contribution < -0.4 is 0 Å². The molecule has 1 rings (SSSR count). The van der Waals surface area contributed by atoms with Crippen LogP contribution in [0.4, 0.5) is 13.2 Å². The number of alkyl halides is 3. The van der Waals surface area contributed by atoms with Crippen LogP contribution in [0, 0.1) is 0 Å². The van der Waals surface area contributed by atoms with Gasteiger partial charge >= 0.3 is 12.1 Å². The highest BCUT2D eigenvalue weighted by Crippen LogP contribution is 2.23. The van der Waals surface area contributed by atoms with E-state index >= 15 is 0 Å². The summed E-state index contributed by atoms with van der Waals surface area (Å²) >= 11 is 0. The predicted octanol–water partition coefficient (Wildman–Crippen LogP) is 1.84. The molecule has 1 N–H and O–H groups in total. The van der Waals surface area contributed by atoms with Crippen molar-refractivity contribution in [2.75, 3.05) is 0 Å². The number of aromatic nitrogens is 1. The number of carboxylic acid groups (broad SMARTS) is 1. The third-order valence-electron chi connectivity index (χ3n) is 1.71. The van der Waals surface area contributed by atoms with Crippen molar-refractivity contribution < 1.29 is 32.3 Å². The molecule has 0 aliphatic heterocycles. The van der Waals surface area contributed by atoms with Crippen LogP contribution in [0.1, 0.15) is 23.2 Å². The molecule has 0 radical (unpaired) electrons. The maximum absolute atomic E-state index is 12.0. The number of halogens is 3. The van der Waals surface area contributed by atoms with Gasteiger partial charge in [-0.25, -0.2) is 4.79 Å². The monoisotopic (exact) mass is 239 g/mol. The summed E-state index contributed by atoms with van der Waals surface area (Å²) in [5, 5.41) is 11.6. The first kappa shape index (κ1) is 12.5. The molecule has 1 aromatic heterocycles. The molecule has 8 heteroatoms. The Bertz CT molecular complexity index is 374. The van der Waals surface area contributed by atoms with Crippen LogP contribution in [0.25, 0.3) is 0 Å². The molecular formula is C8H8F3NO4. The average Bonchev–Trinajstić information content (AvgIpc) is 2.60. The minimum absolute atomic E-state index is 0.0755. The van der Waals surface area contributed by atoms with Crippen molar-refractivity contribution in [2.24, 2.45) is 0 Å². The molecule has 16 heavy (non-hydrogen) atoms. The van der Waals surface area contributed by atoms with E-state index in [4.69, 9.17) is 5.11 Å². The molecule has 0 saturated carbocycles. The highest BCUT2D eigenvalue weighted by molar-refractivity contribution is 5.85. The topological polar surface area (TPSA) is 72.6 Å². The van der Waals surface area contributed by atoms with Gasteiger partial charge in [0.1, 0.15) is 6.61 Å². The normalized spacial score (nSPS) is 13.8. The second kappa shape index (κ2) is 4.52. The van der Waals surface area contributed by atoms with E-state index in [0.717, 1.165) is 13.0 Å². The molecule has 1 aromatic rings. The summed E-state index contributed by atoms with van der Waals surface area (Å²) < 4.78 is 45.0. The molecule has 0 aliphatic carbocycles. The Morgan fingerprint density at radius 3 is 2.75 bits per heavy atom. The van der Waals surface area contributed by atoms with E-state index in [9.17, 15) is 18.0 Å². The Morgan fingerprint density at radius 2 is 2.31 bits per heavy atom. The fourth-order valence-corrected chi connectivity index (χ4v) is 0.783. The predicted molar refractivity (Wildman–Crippen MR) is 43.8 cm³/mol. The van der Waals surface area contributed by atoms with E-state index in [0.29, 0.717) is 0 Å². The molecule has 0 amide bonds. The molecule has 1 heterocycles. The van der Waals surface area contributed by atoms with Gasteiger partial charge in [-0.1, -0.05) is 5.16 Å². The quantitative estimate of drug-likeness (QED) is 0.867. The lowest BCUT2D eigenvalue weighted by Crippen LogP contribution is -2.28. The van der Waals surface area contributed by atoms with Crippen molar-refractivity contribution >= 4 is 5.97 Å². The van der Waals surface area contributed by atoms with Gasteiger partial charge in [0.25, 0.3) is 0 Å². The first-order chi connectivity index (χ1) is 7.30. The van der Waals surface area contributed by atoms with Crippen LogP contribution in [0.3, 0.4) is 0 Å². The summed E-state index contributed by atoms with van der Waals surface area (Å²) in [7, 11) is 0. The Labute approximate surface area is 87.8 Å². The fourth-order valence-electron chi connectivity index (χ4n) is 0.783. The third-order valence-corrected chi connectivity index (χ3v) is 1.71. The molecule has 0 aliphatic rings. The standard InChI is InChI=1S/C8H8F3NO4/c1-4(8(9,10)11)15-3-5-2-6(7(13)14)12-16-5/h2,4H,3H2,1H3,(H,13,14). The maximum atomic E-state index is 12.0. The molecule has 0 fully saturated rings. The number of hydrogen-bond acceptors (Lipinski definition) is 4. The molecular weight excluding hydrogens is 231 g/mol. The third kappa shape index (κ3) is 3.23. The number of rotatable bonds is 4. The van der Waals surface area contributed by atoms with Crippen molar-refractivity contribution in [3.05, 3.63) is 17.5 Å². The summed E-state index contributed by atoms with van der Waals surface area (Å²) in [6.07, 6.45) is -6.42. The zero-order valence-corrected chi connectivity index (χ0v) is 8.11. The molecule has 0 spiro atoms. The first-order valence-corrected chi connectivity index (χ1v) is 4.18. The Kier molecular flexibility index (Phi) is 3.53. The maximum Gasteiger partial charge on any atom is 0.414 e. The molecule has 0 aromatic carbocycles. The summed E-state index contributed by atoms with van der Waals surface area (Å²) in [6.45, 7) is 0.357. The zero-order chi connectivity index (χ0) is 12.3. The highest BCUT2D eigenvalue weighted by Gasteiger charge is 2.37. The Morgan fingerprint density at radius 1 is 1.69 bits per heavy atom. The van der Waals surface area contributed by atoms with Gasteiger partial charge < -0.3 is 14.4 Å². The molecule has 0 saturated heterocycles. The van der Waals surface area contributed by atoms with Crippen LogP contribution in [0.15, 0.2) is 10.6 Å². The molecule has 1 unspecified atom stereocenters. The van der Waals surface area contributed by atoms with E-state index < -0.39 is 24.9 Å².